The molecular weight excluding hydrogens is 207 g/mol. The number of aliphatic hydroxyl groups is 1. The van der Waals surface area contributed by atoms with Gasteiger partial charge in [0.25, 0.3) is 0 Å². The molecule has 1 unspecified atom stereocenters. The van der Waals surface area contributed by atoms with Crippen molar-refractivity contribution in [2.75, 3.05) is 0 Å². The van der Waals surface area contributed by atoms with Crippen molar-refractivity contribution in [3.05, 3.63) is 34.6 Å². The maximum Gasteiger partial charge on any atom is 0.165 e. The van der Waals surface area contributed by atoms with Gasteiger partial charge in [0.1, 0.15) is 11.9 Å². The summed E-state index contributed by atoms with van der Waals surface area (Å²) >= 11 is 5.51. The first-order chi connectivity index (χ1) is 6.56. The van der Waals surface area contributed by atoms with Crippen molar-refractivity contribution >= 4 is 17.4 Å². The van der Waals surface area contributed by atoms with Crippen molar-refractivity contribution in [1.29, 1.82) is 0 Å². The molecule has 2 nitrogen and oxygen atoms in total. The van der Waals surface area contributed by atoms with Gasteiger partial charge < -0.3 is 5.11 Å². The molecular formula is C10H10ClFO2. The third-order valence-electron chi connectivity index (χ3n) is 1.91. The van der Waals surface area contributed by atoms with E-state index in [1.807, 2.05) is 0 Å². The van der Waals surface area contributed by atoms with E-state index in [9.17, 15) is 14.3 Å². The largest absolute Gasteiger partial charge is 0.381 e. The zero-order chi connectivity index (χ0) is 10.7. The van der Waals surface area contributed by atoms with Gasteiger partial charge >= 0.3 is 0 Å². The average molecular weight is 217 g/mol. The van der Waals surface area contributed by atoms with Crippen LogP contribution in [0.5, 0.6) is 0 Å². The van der Waals surface area contributed by atoms with Crippen molar-refractivity contribution in [2.24, 2.45) is 0 Å². The fraction of sp³-hybridized carbons (Fsp3) is 0.300. The molecule has 0 bridgehead atoms. The van der Waals surface area contributed by atoms with Crippen LogP contribution in [0.25, 0.3) is 0 Å². The Bertz CT molecular complexity index is 352. The molecule has 0 saturated heterocycles. The zero-order valence-corrected chi connectivity index (χ0v) is 8.38. The van der Waals surface area contributed by atoms with Crippen LogP contribution < -0.4 is 0 Å². The maximum absolute atomic E-state index is 12.7. The molecule has 0 aliphatic carbocycles. The lowest BCUT2D eigenvalue weighted by molar-refractivity contribution is -0.127. The van der Waals surface area contributed by atoms with Gasteiger partial charge in [0.05, 0.1) is 5.02 Å². The summed E-state index contributed by atoms with van der Waals surface area (Å²) in [7, 11) is 0. The Hall–Kier alpha value is -0.930. The summed E-state index contributed by atoms with van der Waals surface area (Å²) in [5, 5.41) is 9.38. The number of hydrogen-bond acceptors (Lipinski definition) is 2. The molecule has 0 spiro atoms. The van der Waals surface area contributed by atoms with Gasteiger partial charge in [-0.15, -0.1) is 0 Å². The molecule has 14 heavy (non-hydrogen) atoms. The molecule has 0 radical (unpaired) electrons. The van der Waals surface area contributed by atoms with E-state index in [1.165, 1.54) is 12.1 Å². The van der Waals surface area contributed by atoms with Crippen molar-refractivity contribution in [1.82, 2.24) is 0 Å². The molecule has 4 heteroatoms. The average Bonchev–Trinajstić information content (AvgIpc) is 2.20. The second-order valence-corrected chi connectivity index (χ2v) is 3.30. The van der Waals surface area contributed by atoms with Gasteiger partial charge in [-0.25, -0.2) is 4.39 Å². The quantitative estimate of drug-likeness (QED) is 0.843. The molecule has 0 aliphatic rings. The molecule has 1 N–H and O–H groups in total. The molecule has 0 fully saturated rings. The second-order valence-electron chi connectivity index (χ2n) is 2.90. The van der Waals surface area contributed by atoms with Gasteiger partial charge in [-0.05, 0) is 17.7 Å². The van der Waals surface area contributed by atoms with Gasteiger partial charge in [-0.3, -0.25) is 4.79 Å². The first-order valence-corrected chi connectivity index (χ1v) is 4.59. The normalized spacial score (nSPS) is 12.6. The molecule has 1 atom stereocenters. The molecule has 0 aliphatic heterocycles. The highest BCUT2D eigenvalue weighted by atomic mass is 35.5. The van der Waals surface area contributed by atoms with Crippen molar-refractivity contribution in [3.8, 4) is 0 Å². The van der Waals surface area contributed by atoms with Crippen LogP contribution in [0.15, 0.2) is 18.2 Å². The summed E-state index contributed by atoms with van der Waals surface area (Å²) in [6.45, 7) is 1.65. The summed E-state index contributed by atoms with van der Waals surface area (Å²) < 4.78 is 12.7. The summed E-state index contributed by atoms with van der Waals surface area (Å²) in [4.78, 5) is 11.1. The standard InChI is InChI=1S/C10H10ClFO2/c1-2-9(13)10(14)6-3-4-8(12)7(11)5-6/h3-5,10,14H,2H2,1H3. The lowest BCUT2D eigenvalue weighted by atomic mass is 10.0. The fourth-order valence-electron chi connectivity index (χ4n) is 1.06. The van der Waals surface area contributed by atoms with Crippen molar-refractivity contribution in [3.63, 3.8) is 0 Å². The van der Waals surface area contributed by atoms with Gasteiger partial charge in [0, 0.05) is 6.42 Å². The number of halogens is 2. The van der Waals surface area contributed by atoms with Gasteiger partial charge in [0.2, 0.25) is 0 Å². The summed E-state index contributed by atoms with van der Waals surface area (Å²) in [6, 6.07) is 3.73. The van der Waals surface area contributed by atoms with E-state index in [4.69, 9.17) is 11.6 Å². The minimum atomic E-state index is -1.21. The topological polar surface area (TPSA) is 37.3 Å². The molecule has 1 aromatic carbocycles. The van der Waals surface area contributed by atoms with Gasteiger partial charge in [-0.2, -0.15) is 0 Å². The summed E-state index contributed by atoms with van der Waals surface area (Å²) in [5.41, 5.74) is 0.322. The van der Waals surface area contributed by atoms with Crippen LogP contribution in [0.2, 0.25) is 5.02 Å². The minimum absolute atomic E-state index is 0.0922. The van der Waals surface area contributed by atoms with Crippen molar-refractivity contribution in [2.45, 2.75) is 19.4 Å². The zero-order valence-electron chi connectivity index (χ0n) is 7.63. The lowest BCUT2D eigenvalue weighted by Gasteiger charge is -2.08. The summed E-state index contributed by atoms with van der Waals surface area (Å²) in [6.07, 6.45) is -0.978. The number of benzene rings is 1. The molecule has 76 valence electrons. The lowest BCUT2D eigenvalue weighted by Crippen LogP contribution is -2.10. The predicted molar refractivity (Wildman–Crippen MR) is 51.7 cm³/mol. The van der Waals surface area contributed by atoms with Gasteiger partial charge in [-0.1, -0.05) is 24.6 Å². The van der Waals surface area contributed by atoms with E-state index < -0.39 is 11.9 Å². The number of aliphatic hydroxyl groups excluding tert-OH is 1. The van der Waals surface area contributed by atoms with Crippen LogP contribution >= 0.6 is 11.6 Å². The monoisotopic (exact) mass is 216 g/mol. The Morgan fingerprint density at radius 2 is 2.29 bits per heavy atom. The number of ketones is 1. The molecule has 0 heterocycles. The molecule has 0 amide bonds. The molecule has 1 rings (SSSR count). The number of carbonyl (C=O) groups excluding carboxylic acids is 1. The first-order valence-electron chi connectivity index (χ1n) is 4.22. The molecule has 1 aromatic rings. The Morgan fingerprint density at radius 3 is 2.79 bits per heavy atom. The number of carbonyl (C=O) groups is 1. The Balaban J connectivity index is 2.96. The van der Waals surface area contributed by atoms with E-state index in [-0.39, 0.29) is 17.2 Å². The van der Waals surface area contributed by atoms with Crippen LogP contribution in [0, 0.1) is 5.82 Å². The number of rotatable bonds is 3. The van der Waals surface area contributed by atoms with E-state index in [1.54, 1.807) is 6.92 Å². The Labute approximate surface area is 86.3 Å². The maximum atomic E-state index is 12.7. The highest BCUT2D eigenvalue weighted by Crippen LogP contribution is 2.21. The van der Waals surface area contributed by atoms with E-state index >= 15 is 0 Å². The SMILES string of the molecule is CCC(=O)C(O)c1ccc(F)c(Cl)c1. The highest BCUT2D eigenvalue weighted by molar-refractivity contribution is 6.30. The Kier molecular flexibility index (Phi) is 3.61. The van der Waals surface area contributed by atoms with E-state index in [0.717, 1.165) is 6.07 Å². The van der Waals surface area contributed by atoms with Crippen molar-refractivity contribution < 1.29 is 14.3 Å². The minimum Gasteiger partial charge on any atom is -0.381 e. The fourth-order valence-corrected chi connectivity index (χ4v) is 1.25. The van der Waals surface area contributed by atoms with Crippen LogP contribution in [-0.2, 0) is 4.79 Å². The summed E-state index contributed by atoms with van der Waals surface area (Å²) in [5.74, 6) is -0.876. The Morgan fingerprint density at radius 1 is 1.64 bits per heavy atom. The molecule has 0 saturated carbocycles. The predicted octanol–water partition coefficient (Wildman–Crippen LogP) is 2.49. The third kappa shape index (κ3) is 2.30. The van der Waals surface area contributed by atoms with Crippen LogP contribution in [0.3, 0.4) is 0 Å². The van der Waals surface area contributed by atoms with E-state index in [2.05, 4.69) is 0 Å². The van der Waals surface area contributed by atoms with Gasteiger partial charge in [0.15, 0.2) is 5.78 Å². The first kappa shape index (κ1) is 11.1. The second kappa shape index (κ2) is 4.53. The third-order valence-corrected chi connectivity index (χ3v) is 2.20. The molecule has 0 aromatic heterocycles. The van der Waals surface area contributed by atoms with E-state index in [0.29, 0.717) is 5.56 Å². The number of hydrogen-bond donors (Lipinski definition) is 1. The smallest absolute Gasteiger partial charge is 0.165 e. The van der Waals surface area contributed by atoms with Crippen LogP contribution in [0.4, 0.5) is 4.39 Å². The number of Topliss-reactive ketones (excluding diaryl/α,β-unsaturated/α-hetero) is 1. The highest BCUT2D eigenvalue weighted by Gasteiger charge is 2.16. The van der Waals surface area contributed by atoms with Crippen LogP contribution in [-0.4, -0.2) is 10.9 Å². The van der Waals surface area contributed by atoms with Crippen LogP contribution in [0.1, 0.15) is 25.0 Å².